The van der Waals surface area contributed by atoms with Crippen LogP contribution in [0.1, 0.15) is 19.5 Å². The number of morpholine rings is 1. The fourth-order valence-electron chi connectivity index (χ4n) is 2.01. The molecule has 4 nitrogen and oxygen atoms in total. The molecule has 1 aliphatic heterocycles. The highest BCUT2D eigenvalue weighted by atomic mass is 16.5. The Bertz CT molecular complexity index is 351. The number of aryl methyl sites for hydroxylation is 1. The number of aromatic nitrogens is 1. The van der Waals surface area contributed by atoms with Crippen LogP contribution in [-0.2, 0) is 11.2 Å². The topological polar surface area (TPSA) is 45.6 Å². The largest absolute Gasteiger partial charge is 0.391 e. The summed E-state index contributed by atoms with van der Waals surface area (Å²) in [6.07, 6.45) is 2.33. The molecular weight excluding hydrogens is 216 g/mol. The monoisotopic (exact) mass is 236 g/mol. The van der Waals surface area contributed by atoms with Gasteiger partial charge in [-0.25, -0.2) is 0 Å². The van der Waals surface area contributed by atoms with Crippen molar-refractivity contribution in [3.05, 3.63) is 24.0 Å². The van der Waals surface area contributed by atoms with E-state index >= 15 is 0 Å². The highest BCUT2D eigenvalue weighted by Gasteiger charge is 2.24. The lowest BCUT2D eigenvalue weighted by molar-refractivity contribution is -0.0364. The van der Waals surface area contributed by atoms with E-state index < -0.39 is 6.10 Å². The molecule has 0 bridgehead atoms. The smallest absolute Gasteiger partial charge is 0.101 e. The van der Waals surface area contributed by atoms with E-state index in [4.69, 9.17) is 4.74 Å². The van der Waals surface area contributed by atoms with Crippen LogP contribution in [0.4, 0.5) is 5.69 Å². The summed E-state index contributed by atoms with van der Waals surface area (Å²) in [5, 5.41) is 9.56. The van der Waals surface area contributed by atoms with Gasteiger partial charge in [-0.1, -0.05) is 6.92 Å². The molecule has 1 aliphatic rings. The minimum absolute atomic E-state index is 0.102. The molecule has 1 aromatic rings. The maximum Gasteiger partial charge on any atom is 0.101 e. The first-order chi connectivity index (χ1) is 8.20. The zero-order chi connectivity index (χ0) is 12.3. The molecule has 17 heavy (non-hydrogen) atoms. The Morgan fingerprint density at radius 2 is 2.41 bits per heavy atom. The lowest BCUT2D eigenvalue weighted by atomic mass is 10.1. The van der Waals surface area contributed by atoms with Crippen LogP contribution >= 0.6 is 0 Å². The van der Waals surface area contributed by atoms with Crippen molar-refractivity contribution in [1.82, 2.24) is 4.98 Å². The van der Waals surface area contributed by atoms with E-state index in [2.05, 4.69) is 28.9 Å². The van der Waals surface area contributed by atoms with Gasteiger partial charge in [-0.15, -0.1) is 0 Å². The van der Waals surface area contributed by atoms with Crippen LogP contribution in [0.15, 0.2) is 18.3 Å². The van der Waals surface area contributed by atoms with Crippen LogP contribution in [0.2, 0.25) is 0 Å². The van der Waals surface area contributed by atoms with Crippen molar-refractivity contribution in [3.63, 3.8) is 0 Å². The summed E-state index contributed by atoms with van der Waals surface area (Å²) < 4.78 is 5.52. The molecule has 0 radical (unpaired) electrons. The van der Waals surface area contributed by atoms with Gasteiger partial charge in [0, 0.05) is 18.8 Å². The third kappa shape index (κ3) is 2.96. The summed E-state index contributed by atoms with van der Waals surface area (Å²) in [7, 11) is 0. The number of ether oxygens (including phenoxy) is 1. The van der Waals surface area contributed by atoms with Crippen molar-refractivity contribution >= 4 is 5.69 Å². The average Bonchev–Trinajstić information content (AvgIpc) is 2.39. The second-order valence-corrected chi connectivity index (χ2v) is 4.46. The molecule has 0 saturated carbocycles. The summed E-state index contributed by atoms with van der Waals surface area (Å²) in [5.41, 5.74) is 2.21. The number of hydrogen-bond donors (Lipinski definition) is 1. The van der Waals surface area contributed by atoms with Crippen molar-refractivity contribution in [3.8, 4) is 0 Å². The Morgan fingerprint density at radius 3 is 3.00 bits per heavy atom. The predicted octanol–water partition coefficient (Wildman–Crippen LogP) is 1.23. The van der Waals surface area contributed by atoms with Crippen LogP contribution in [0, 0.1) is 0 Å². The number of aliphatic hydroxyl groups is 1. The Balaban J connectivity index is 2.05. The SMILES string of the molecule is CCc1ccc(N2CCOC([C@@H](C)O)C2)cn1. The number of pyridine rings is 1. The van der Waals surface area contributed by atoms with Crippen molar-refractivity contribution in [1.29, 1.82) is 0 Å². The molecule has 4 heteroatoms. The van der Waals surface area contributed by atoms with Gasteiger partial charge in [0.05, 0.1) is 24.6 Å². The maximum atomic E-state index is 9.56. The van der Waals surface area contributed by atoms with E-state index in [1.165, 1.54) is 0 Å². The summed E-state index contributed by atoms with van der Waals surface area (Å²) in [5.74, 6) is 0. The standard InChI is InChI=1S/C13H20N2O2/c1-3-11-4-5-12(8-14-11)15-6-7-17-13(9-15)10(2)16/h4-5,8,10,13,16H,3,6-7,9H2,1-2H3/t10-,13?/m1/s1. The lowest BCUT2D eigenvalue weighted by Crippen LogP contribution is -2.47. The molecule has 0 amide bonds. The minimum Gasteiger partial charge on any atom is -0.391 e. The first-order valence-electron chi connectivity index (χ1n) is 6.20. The number of aliphatic hydroxyl groups excluding tert-OH is 1. The summed E-state index contributed by atoms with van der Waals surface area (Å²) >= 11 is 0. The summed E-state index contributed by atoms with van der Waals surface area (Å²) in [4.78, 5) is 6.61. The molecule has 1 unspecified atom stereocenters. The predicted molar refractivity (Wildman–Crippen MR) is 67.2 cm³/mol. The zero-order valence-corrected chi connectivity index (χ0v) is 10.5. The fourth-order valence-corrected chi connectivity index (χ4v) is 2.01. The molecule has 2 rings (SSSR count). The summed E-state index contributed by atoms with van der Waals surface area (Å²) in [6.45, 7) is 6.11. The Hall–Kier alpha value is -1.13. The number of anilines is 1. The van der Waals surface area contributed by atoms with Gasteiger partial charge in [0.2, 0.25) is 0 Å². The van der Waals surface area contributed by atoms with Gasteiger partial charge in [-0.05, 0) is 25.5 Å². The van der Waals surface area contributed by atoms with Gasteiger partial charge < -0.3 is 14.7 Å². The molecule has 1 aromatic heterocycles. The molecule has 1 saturated heterocycles. The molecule has 2 heterocycles. The van der Waals surface area contributed by atoms with E-state index in [0.717, 1.165) is 30.9 Å². The molecule has 0 aromatic carbocycles. The third-order valence-corrected chi connectivity index (χ3v) is 3.17. The van der Waals surface area contributed by atoms with Gasteiger partial charge in [-0.3, -0.25) is 4.98 Å². The second-order valence-electron chi connectivity index (χ2n) is 4.46. The van der Waals surface area contributed by atoms with Crippen molar-refractivity contribution < 1.29 is 9.84 Å². The molecule has 1 N–H and O–H groups in total. The molecular formula is C13H20N2O2. The Kier molecular flexibility index (Phi) is 3.97. The Labute approximate surface area is 102 Å². The average molecular weight is 236 g/mol. The second kappa shape index (κ2) is 5.47. The van der Waals surface area contributed by atoms with Crippen LogP contribution in [0.25, 0.3) is 0 Å². The summed E-state index contributed by atoms with van der Waals surface area (Å²) in [6, 6.07) is 4.15. The van der Waals surface area contributed by atoms with Gasteiger partial charge in [0.25, 0.3) is 0 Å². The third-order valence-electron chi connectivity index (χ3n) is 3.17. The minimum atomic E-state index is -0.430. The van der Waals surface area contributed by atoms with Gasteiger partial charge in [0.1, 0.15) is 6.10 Å². The molecule has 0 aliphatic carbocycles. The van der Waals surface area contributed by atoms with Crippen molar-refractivity contribution in [2.75, 3.05) is 24.6 Å². The highest BCUT2D eigenvalue weighted by Crippen LogP contribution is 2.18. The van der Waals surface area contributed by atoms with E-state index in [0.29, 0.717) is 6.61 Å². The molecule has 0 spiro atoms. The number of nitrogens with zero attached hydrogens (tertiary/aromatic N) is 2. The van der Waals surface area contributed by atoms with Gasteiger partial charge in [-0.2, -0.15) is 0 Å². The van der Waals surface area contributed by atoms with Crippen LogP contribution in [0.3, 0.4) is 0 Å². The molecule has 94 valence electrons. The first kappa shape index (κ1) is 12.3. The first-order valence-corrected chi connectivity index (χ1v) is 6.20. The van der Waals surface area contributed by atoms with E-state index in [1.807, 2.05) is 6.20 Å². The zero-order valence-electron chi connectivity index (χ0n) is 10.5. The van der Waals surface area contributed by atoms with Gasteiger partial charge >= 0.3 is 0 Å². The van der Waals surface area contributed by atoms with E-state index in [-0.39, 0.29) is 6.10 Å². The Morgan fingerprint density at radius 1 is 1.59 bits per heavy atom. The highest BCUT2D eigenvalue weighted by molar-refractivity contribution is 5.45. The quantitative estimate of drug-likeness (QED) is 0.857. The maximum absolute atomic E-state index is 9.56. The van der Waals surface area contributed by atoms with Crippen molar-refractivity contribution in [2.45, 2.75) is 32.5 Å². The van der Waals surface area contributed by atoms with Crippen LogP contribution in [-0.4, -0.2) is 42.0 Å². The number of rotatable bonds is 3. The lowest BCUT2D eigenvalue weighted by Gasteiger charge is -2.35. The number of hydrogen-bond acceptors (Lipinski definition) is 4. The van der Waals surface area contributed by atoms with E-state index in [9.17, 15) is 5.11 Å². The molecule has 1 fully saturated rings. The van der Waals surface area contributed by atoms with E-state index in [1.54, 1.807) is 6.92 Å². The normalized spacial score (nSPS) is 22.5. The van der Waals surface area contributed by atoms with Crippen LogP contribution < -0.4 is 4.90 Å². The van der Waals surface area contributed by atoms with Crippen molar-refractivity contribution in [2.24, 2.45) is 0 Å². The fraction of sp³-hybridized carbons (Fsp3) is 0.615. The van der Waals surface area contributed by atoms with Gasteiger partial charge in [0.15, 0.2) is 0 Å². The van der Waals surface area contributed by atoms with Crippen LogP contribution in [0.5, 0.6) is 0 Å². The molecule has 2 atom stereocenters.